The maximum atomic E-state index is 11.8. The number of fused-ring (bicyclic) bond motifs is 1. The summed E-state index contributed by atoms with van der Waals surface area (Å²) < 4.78 is 4.82. The quantitative estimate of drug-likeness (QED) is 0.429. The van der Waals surface area contributed by atoms with E-state index in [9.17, 15) is 9.59 Å². The van der Waals surface area contributed by atoms with Gasteiger partial charge in [-0.2, -0.15) is 0 Å². The first-order valence-corrected chi connectivity index (χ1v) is 6.45. The fourth-order valence-corrected chi connectivity index (χ4v) is 3.22. The van der Waals surface area contributed by atoms with Gasteiger partial charge in [-0.3, -0.25) is 9.59 Å². The fourth-order valence-electron chi connectivity index (χ4n) is 3.22. The van der Waals surface area contributed by atoms with E-state index in [4.69, 9.17) is 4.74 Å². The van der Waals surface area contributed by atoms with E-state index in [1.54, 1.807) is 0 Å². The molecular formula is C15H20O3. The predicted molar refractivity (Wildman–Crippen MR) is 68.5 cm³/mol. The van der Waals surface area contributed by atoms with E-state index >= 15 is 0 Å². The van der Waals surface area contributed by atoms with Gasteiger partial charge in [0.2, 0.25) is 0 Å². The summed E-state index contributed by atoms with van der Waals surface area (Å²) in [6.07, 6.45) is 5.08. The lowest BCUT2D eigenvalue weighted by atomic mass is 9.88. The van der Waals surface area contributed by atoms with E-state index in [1.165, 1.54) is 11.1 Å². The zero-order valence-corrected chi connectivity index (χ0v) is 11.4. The average molecular weight is 248 g/mol. The monoisotopic (exact) mass is 248 g/mol. The van der Waals surface area contributed by atoms with Crippen LogP contribution in [0.5, 0.6) is 0 Å². The van der Waals surface area contributed by atoms with Crippen molar-refractivity contribution in [3.8, 4) is 0 Å². The first-order chi connectivity index (χ1) is 8.40. The van der Waals surface area contributed by atoms with Crippen molar-refractivity contribution in [3.05, 3.63) is 23.3 Å². The summed E-state index contributed by atoms with van der Waals surface area (Å²) in [5, 5.41) is 0. The number of allylic oxidation sites excluding steroid dienone is 4. The van der Waals surface area contributed by atoms with Crippen molar-refractivity contribution < 1.29 is 14.3 Å². The van der Waals surface area contributed by atoms with Crippen LogP contribution >= 0.6 is 0 Å². The van der Waals surface area contributed by atoms with Crippen LogP contribution in [-0.4, -0.2) is 11.9 Å². The molecule has 1 aliphatic heterocycles. The second-order valence-corrected chi connectivity index (χ2v) is 5.84. The third-order valence-corrected chi connectivity index (χ3v) is 3.69. The van der Waals surface area contributed by atoms with E-state index in [0.717, 1.165) is 6.42 Å². The molecule has 4 unspecified atom stereocenters. The van der Waals surface area contributed by atoms with Crippen molar-refractivity contribution in [2.24, 2.45) is 23.7 Å². The van der Waals surface area contributed by atoms with Gasteiger partial charge in [-0.05, 0) is 46.0 Å². The van der Waals surface area contributed by atoms with Crippen LogP contribution in [0.25, 0.3) is 0 Å². The highest BCUT2D eigenvalue weighted by atomic mass is 16.6. The summed E-state index contributed by atoms with van der Waals surface area (Å²) in [5.41, 5.74) is 2.37. The Labute approximate surface area is 108 Å². The van der Waals surface area contributed by atoms with Crippen LogP contribution in [0.1, 0.15) is 34.1 Å². The zero-order chi connectivity index (χ0) is 13.4. The molecule has 2 rings (SSSR count). The van der Waals surface area contributed by atoms with Crippen LogP contribution in [0, 0.1) is 23.7 Å². The van der Waals surface area contributed by atoms with Gasteiger partial charge in [0.1, 0.15) is 0 Å². The SMILES string of the molecule is CC(C)=CC1CC(C=C(C)C)C2C(=O)OC(=O)C12. The maximum absolute atomic E-state index is 11.8. The largest absolute Gasteiger partial charge is 0.393 e. The summed E-state index contributed by atoms with van der Waals surface area (Å²) >= 11 is 0. The molecule has 0 aromatic rings. The smallest absolute Gasteiger partial charge is 0.318 e. The van der Waals surface area contributed by atoms with Crippen molar-refractivity contribution in [3.63, 3.8) is 0 Å². The number of carbonyl (C=O) groups excluding carboxylic acids is 2. The molecule has 18 heavy (non-hydrogen) atoms. The second-order valence-electron chi connectivity index (χ2n) is 5.84. The minimum atomic E-state index is -0.336. The Morgan fingerprint density at radius 3 is 1.67 bits per heavy atom. The van der Waals surface area contributed by atoms with E-state index < -0.39 is 0 Å². The number of hydrogen-bond donors (Lipinski definition) is 0. The summed E-state index contributed by atoms with van der Waals surface area (Å²) in [5.74, 6) is -0.936. The standard InChI is InChI=1S/C15H20O3/c1-8(2)5-10-7-11(6-9(3)4)13-12(10)14(16)18-15(13)17/h5-6,10-13H,7H2,1-4H3. The molecular weight excluding hydrogens is 228 g/mol. The molecule has 2 fully saturated rings. The molecule has 0 spiro atoms. The number of cyclic esters (lactones) is 2. The van der Waals surface area contributed by atoms with Gasteiger partial charge in [-0.25, -0.2) is 0 Å². The van der Waals surface area contributed by atoms with E-state index in [2.05, 4.69) is 12.2 Å². The topological polar surface area (TPSA) is 43.4 Å². The molecule has 2 aliphatic rings. The number of hydrogen-bond acceptors (Lipinski definition) is 3. The molecule has 98 valence electrons. The van der Waals surface area contributed by atoms with Gasteiger partial charge in [0, 0.05) is 0 Å². The van der Waals surface area contributed by atoms with Gasteiger partial charge in [0.15, 0.2) is 0 Å². The van der Waals surface area contributed by atoms with E-state index in [1.807, 2.05) is 27.7 Å². The third-order valence-electron chi connectivity index (χ3n) is 3.69. The first-order valence-electron chi connectivity index (χ1n) is 6.45. The Morgan fingerprint density at radius 1 is 0.944 bits per heavy atom. The van der Waals surface area contributed by atoms with Crippen molar-refractivity contribution in [2.45, 2.75) is 34.1 Å². The van der Waals surface area contributed by atoms with Gasteiger partial charge in [0.25, 0.3) is 0 Å². The molecule has 0 N–H and O–H groups in total. The lowest BCUT2D eigenvalue weighted by molar-refractivity contribution is -0.154. The summed E-state index contributed by atoms with van der Waals surface area (Å²) in [6, 6.07) is 0. The van der Waals surface area contributed by atoms with Crippen molar-refractivity contribution in [1.82, 2.24) is 0 Å². The first kappa shape index (κ1) is 13.1. The van der Waals surface area contributed by atoms with Crippen LogP contribution in [0.2, 0.25) is 0 Å². The van der Waals surface area contributed by atoms with E-state index in [0.29, 0.717) is 0 Å². The van der Waals surface area contributed by atoms with Crippen LogP contribution in [0.15, 0.2) is 23.3 Å². The highest BCUT2D eigenvalue weighted by Crippen LogP contribution is 2.48. The Balaban J connectivity index is 2.33. The highest BCUT2D eigenvalue weighted by Gasteiger charge is 2.55. The molecule has 1 saturated heterocycles. The molecule has 1 heterocycles. The van der Waals surface area contributed by atoms with Crippen molar-refractivity contribution >= 4 is 11.9 Å². The number of ether oxygens (including phenoxy) is 1. The predicted octanol–water partition coefficient (Wildman–Crippen LogP) is 2.87. The van der Waals surface area contributed by atoms with Gasteiger partial charge in [-0.1, -0.05) is 23.3 Å². The molecule has 4 atom stereocenters. The molecule has 1 aliphatic carbocycles. The van der Waals surface area contributed by atoms with Crippen LogP contribution in [-0.2, 0) is 14.3 Å². The molecule has 3 heteroatoms. The normalized spacial score (nSPS) is 34.0. The Kier molecular flexibility index (Phi) is 3.42. The van der Waals surface area contributed by atoms with Gasteiger partial charge < -0.3 is 4.74 Å². The number of carbonyl (C=O) groups is 2. The summed E-state index contributed by atoms with van der Waals surface area (Å²) in [4.78, 5) is 23.6. The molecule has 0 aromatic heterocycles. The number of rotatable bonds is 2. The third kappa shape index (κ3) is 2.26. The van der Waals surface area contributed by atoms with Crippen molar-refractivity contribution in [2.75, 3.05) is 0 Å². The van der Waals surface area contributed by atoms with Crippen molar-refractivity contribution in [1.29, 1.82) is 0 Å². The summed E-state index contributed by atoms with van der Waals surface area (Å²) in [7, 11) is 0. The minimum Gasteiger partial charge on any atom is -0.393 e. The molecule has 0 bridgehead atoms. The molecule has 3 nitrogen and oxygen atoms in total. The molecule has 1 saturated carbocycles. The number of esters is 2. The van der Waals surface area contributed by atoms with Crippen LogP contribution < -0.4 is 0 Å². The fraction of sp³-hybridized carbons (Fsp3) is 0.600. The highest BCUT2D eigenvalue weighted by molar-refractivity contribution is 5.97. The molecule has 0 amide bonds. The Bertz CT molecular complexity index is 397. The lowest BCUT2D eigenvalue weighted by Gasteiger charge is -2.10. The van der Waals surface area contributed by atoms with Gasteiger partial charge in [-0.15, -0.1) is 0 Å². The Hall–Kier alpha value is -1.38. The Morgan fingerprint density at radius 2 is 1.33 bits per heavy atom. The summed E-state index contributed by atoms with van der Waals surface area (Å²) in [6.45, 7) is 8.08. The maximum Gasteiger partial charge on any atom is 0.318 e. The van der Waals surface area contributed by atoms with Crippen LogP contribution in [0.3, 0.4) is 0 Å². The van der Waals surface area contributed by atoms with E-state index in [-0.39, 0.29) is 35.6 Å². The minimum absolute atomic E-state index is 0.138. The average Bonchev–Trinajstić information content (AvgIpc) is 2.67. The van der Waals surface area contributed by atoms with Crippen LogP contribution in [0.4, 0.5) is 0 Å². The molecule has 0 aromatic carbocycles. The lowest BCUT2D eigenvalue weighted by Crippen LogP contribution is -2.19. The molecule has 0 radical (unpaired) electrons. The van der Waals surface area contributed by atoms with Gasteiger partial charge >= 0.3 is 11.9 Å². The second kappa shape index (κ2) is 4.71. The van der Waals surface area contributed by atoms with Gasteiger partial charge in [0.05, 0.1) is 11.8 Å². The zero-order valence-electron chi connectivity index (χ0n) is 11.4.